The molecule has 1 heterocycles. The molecule has 0 radical (unpaired) electrons. The van der Waals surface area contributed by atoms with Gasteiger partial charge in [0.15, 0.2) is 5.78 Å². The number of carbonyl (C=O) groups is 2. The molecular weight excluding hydrogens is 278 g/mol. The Morgan fingerprint density at radius 2 is 1.73 bits per heavy atom. The van der Waals surface area contributed by atoms with E-state index in [9.17, 15) is 9.59 Å². The van der Waals surface area contributed by atoms with Crippen LogP contribution in [0.2, 0.25) is 0 Å². The minimum Gasteiger partial charge on any atom is -0.489 e. The maximum Gasteiger partial charge on any atom is 0.237 e. The van der Waals surface area contributed by atoms with Gasteiger partial charge in [0.2, 0.25) is 5.91 Å². The molecule has 4 nitrogen and oxygen atoms in total. The van der Waals surface area contributed by atoms with Crippen molar-refractivity contribution in [2.75, 3.05) is 13.6 Å². The second-order valence-electron chi connectivity index (χ2n) is 5.44. The van der Waals surface area contributed by atoms with Crippen molar-refractivity contribution in [1.82, 2.24) is 4.90 Å². The Balaban J connectivity index is 1.68. The fraction of sp³-hybridized carbons (Fsp3) is 0.222. The van der Waals surface area contributed by atoms with E-state index < -0.39 is 5.92 Å². The zero-order valence-corrected chi connectivity index (χ0v) is 12.4. The average molecular weight is 295 g/mol. The Kier molecular flexibility index (Phi) is 3.92. The van der Waals surface area contributed by atoms with Crippen molar-refractivity contribution in [3.63, 3.8) is 0 Å². The monoisotopic (exact) mass is 295 g/mol. The molecule has 1 aliphatic rings. The normalized spacial score (nSPS) is 17.9. The topological polar surface area (TPSA) is 46.6 Å². The molecule has 1 aliphatic heterocycles. The van der Waals surface area contributed by atoms with Crippen LogP contribution < -0.4 is 4.74 Å². The molecule has 1 atom stereocenters. The molecule has 4 heteroatoms. The van der Waals surface area contributed by atoms with Crippen LogP contribution in [-0.2, 0) is 16.2 Å². The highest BCUT2D eigenvalue weighted by molar-refractivity contribution is 6.12. The van der Waals surface area contributed by atoms with Crippen molar-refractivity contribution in [2.24, 2.45) is 0 Å². The van der Waals surface area contributed by atoms with Gasteiger partial charge in [-0.25, -0.2) is 0 Å². The second-order valence-corrected chi connectivity index (χ2v) is 5.44. The number of carbonyl (C=O) groups excluding carboxylic acids is 2. The van der Waals surface area contributed by atoms with E-state index in [-0.39, 0.29) is 18.2 Å². The summed E-state index contributed by atoms with van der Waals surface area (Å²) in [7, 11) is 1.65. The number of likely N-dealkylation sites (tertiary alicyclic amines) is 1. The third-order valence-corrected chi connectivity index (χ3v) is 3.80. The summed E-state index contributed by atoms with van der Waals surface area (Å²) in [6.45, 7) is 0.681. The highest BCUT2D eigenvalue weighted by atomic mass is 16.5. The molecule has 0 saturated carbocycles. The van der Waals surface area contributed by atoms with Gasteiger partial charge in [0, 0.05) is 7.05 Å². The van der Waals surface area contributed by atoms with Crippen LogP contribution >= 0.6 is 0 Å². The van der Waals surface area contributed by atoms with Crippen LogP contribution in [0.25, 0.3) is 0 Å². The first kappa shape index (κ1) is 14.3. The van der Waals surface area contributed by atoms with Gasteiger partial charge >= 0.3 is 0 Å². The van der Waals surface area contributed by atoms with Gasteiger partial charge in [-0.3, -0.25) is 9.59 Å². The van der Waals surface area contributed by atoms with E-state index in [1.807, 2.05) is 30.3 Å². The molecular formula is C18H17NO3. The predicted octanol–water partition coefficient (Wildman–Crippen LogP) is 2.39. The van der Waals surface area contributed by atoms with Gasteiger partial charge in [-0.2, -0.15) is 0 Å². The van der Waals surface area contributed by atoms with E-state index in [1.54, 1.807) is 31.3 Å². The molecule has 0 bridgehead atoms. The second kappa shape index (κ2) is 6.02. The largest absolute Gasteiger partial charge is 0.489 e. The molecule has 1 amide bonds. The lowest BCUT2D eigenvalue weighted by atomic mass is 9.97. The lowest BCUT2D eigenvalue weighted by Crippen LogP contribution is -2.21. The number of benzene rings is 2. The predicted molar refractivity (Wildman–Crippen MR) is 82.6 cm³/mol. The van der Waals surface area contributed by atoms with E-state index in [1.165, 1.54) is 4.90 Å². The van der Waals surface area contributed by atoms with Crippen LogP contribution in [-0.4, -0.2) is 30.2 Å². The van der Waals surface area contributed by atoms with Gasteiger partial charge in [-0.1, -0.05) is 42.5 Å². The number of ketones is 1. The molecule has 3 rings (SSSR count). The number of hydrogen-bond acceptors (Lipinski definition) is 3. The highest BCUT2D eigenvalue weighted by Gasteiger charge is 2.38. The van der Waals surface area contributed by atoms with Gasteiger partial charge in [-0.05, 0) is 23.3 Å². The van der Waals surface area contributed by atoms with Gasteiger partial charge < -0.3 is 9.64 Å². The van der Waals surface area contributed by atoms with E-state index in [4.69, 9.17) is 4.74 Å². The number of rotatable bonds is 4. The molecule has 1 saturated heterocycles. The molecule has 1 fully saturated rings. The molecule has 22 heavy (non-hydrogen) atoms. The van der Waals surface area contributed by atoms with Crippen LogP contribution in [0, 0.1) is 0 Å². The van der Waals surface area contributed by atoms with Gasteiger partial charge in [0.1, 0.15) is 18.3 Å². The number of likely N-dealkylation sites (N-methyl/N-ethyl adjacent to an activating group) is 1. The molecule has 0 spiro atoms. The molecule has 0 aliphatic carbocycles. The van der Waals surface area contributed by atoms with E-state index in [0.29, 0.717) is 6.61 Å². The summed E-state index contributed by atoms with van der Waals surface area (Å²) in [5.74, 6) is -0.125. The highest BCUT2D eigenvalue weighted by Crippen LogP contribution is 2.26. The number of ether oxygens (including phenoxy) is 1. The summed E-state index contributed by atoms with van der Waals surface area (Å²) in [6.07, 6.45) is 0. The standard InChI is InChI=1S/C18H17NO3/c1-19-11-16(20)17(18(19)21)14-7-9-15(10-8-14)22-12-13-5-3-2-4-6-13/h2-10,17H,11-12H2,1H3. The maximum absolute atomic E-state index is 12.0. The quantitative estimate of drug-likeness (QED) is 0.814. The number of amides is 1. The van der Waals surface area contributed by atoms with Crippen molar-refractivity contribution in [3.05, 3.63) is 65.7 Å². The number of nitrogens with zero attached hydrogens (tertiary/aromatic N) is 1. The summed E-state index contributed by atoms with van der Waals surface area (Å²) in [5.41, 5.74) is 1.82. The SMILES string of the molecule is CN1CC(=O)C(c2ccc(OCc3ccccc3)cc2)C1=O. The summed E-state index contributed by atoms with van der Waals surface area (Å²) in [5, 5.41) is 0. The van der Waals surface area contributed by atoms with Crippen LogP contribution in [0.4, 0.5) is 0 Å². The van der Waals surface area contributed by atoms with Crippen molar-refractivity contribution in [3.8, 4) is 5.75 Å². The summed E-state index contributed by atoms with van der Waals surface area (Å²) >= 11 is 0. The van der Waals surface area contributed by atoms with Crippen LogP contribution in [0.15, 0.2) is 54.6 Å². The Hall–Kier alpha value is -2.62. The third-order valence-electron chi connectivity index (χ3n) is 3.80. The first-order valence-electron chi connectivity index (χ1n) is 7.19. The van der Waals surface area contributed by atoms with Crippen molar-refractivity contribution in [1.29, 1.82) is 0 Å². The van der Waals surface area contributed by atoms with E-state index >= 15 is 0 Å². The van der Waals surface area contributed by atoms with Crippen molar-refractivity contribution >= 4 is 11.7 Å². The zero-order valence-electron chi connectivity index (χ0n) is 12.4. The number of Topliss-reactive ketones (excluding diaryl/α,β-unsaturated/α-hetero) is 1. The van der Waals surface area contributed by atoms with E-state index in [2.05, 4.69) is 0 Å². The Morgan fingerprint density at radius 1 is 1.05 bits per heavy atom. The molecule has 1 unspecified atom stereocenters. The molecule has 2 aromatic carbocycles. The smallest absolute Gasteiger partial charge is 0.237 e. The summed E-state index contributed by atoms with van der Waals surface area (Å²) in [6, 6.07) is 17.1. The van der Waals surface area contributed by atoms with Gasteiger partial charge in [0.25, 0.3) is 0 Å². The van der Waals surface area contributed by atoms with Crippen LogP contribution in [0.5, 0.6) is 5.75 Å². The minimum absolute atomic E-state index is 0.0505. The molecule has 2 aromatic rings. The van der Waals surface area contributed by atoms with Crippen molar-refractivity contribution in [2.45, 2.75) is 12.5 Å². The molecule has 0 aromatic heterocycles. The lowest BCUT2D eigenvalue weighted by Gasteiger charge is -2.10. The first-order valence-corrected chi connectivity index (χ1v) is 7.19. The Morgan fingerprint density at radius 3 is 2.32 bits per heavy atom. The lowest BCUT2D eigenvalue weighted by molar-refractivity contribution is -0.128. The first-order chi connectivity index (χ1) is 10.6. The van der Waals surface area contributed by atoms with Crippen LogP contribution in [0.3, 0.4) is 0 Å². The van der Waals surface area contributed by atoms with Crippen LogP contribution in [0.1, 0.15) is 17.0 Å². The van der Waals surface area contributed by atoms with E-state index in [0.717, 1.165) is 16.9 Å². The number of hydrogen-bond donors (Lipinski definition) is 0. The average Bonchev–Trinajstić information content (AvgIpc) is 2.80. The third kappa shape index (κ3) is 2.86. The Labute approximate surface area is 129 Å². The fourth-order valence-corrected chi connectivity index (χ4v) is 2.59. The fourth-order valence-electron chi connectivity index (χ4n) is 2.59. The van der Waals surface area contributed by atoms with Gasteiger partial charge in [-0.15, -0.1) is 0 Å². The van der Waals surface area contributed by atoms with Crippen molar-refractivity contribution < 1.29 is 14.3 Å². The summed E-state index contributed by atoms with van der Waals surface area (Å²) in [4.78, 5) is 25.3. The molecule has 112 valence electrons. The molecule has 0 N–H and O–H groups in total. The maximum atomic E-state index is 12.0. The summed E-state index contributed by atoms with van der Waals surface area (Å²) < 4.78 is 5.70. The zero-order chi connectivity index (χ0) is 15.5. The van der Waals surface area contributed by atoms with Gasteiger partial charge in [0.05, 0.1) is 6.54 Å². The minimum atomic E-state index is -0.659. The Bertz CT molecular complexity index is 679.